The van der Waals surface area contributed by atoms with E-state index in [2.05, 4.69) is 10.0 Å². The fourth-order valence-electron chi connectivity index (χ4n) is 2.60. The highest BCUT2D eigenvalue weighted by atomic mass is 35.5. The summed E-state index contributed by atoms with van der Waals surface area (Å²) in [4.78, 5) is 12.4. The van der Waals surface area contributed by atoms with Crippen LogP contribution in [0.2, 0.25) is 5.02 Å². The van der Waals surface area contributed by atoms with Crippen molar-refractivity contribution < 1.29 is 13.2 Å². The summed E-state index contributed by atoms with van der Waals surface area (Å²) in [5.74, 6) is 0.181. The molecule has 1 unspecified atom stereocenters. The lowest BCUT2D eigenvalue weighted by Gasteiger charge is -2.14. The Morgan fingerprint density at radius 2 is 1.61 bits per heavy atom. The summed E-state index contributed by atoms with van der Waals surface area (Å²) in [5, 5.41) is 3.62. The number of halogens is 1. The van der Waals surface area contributed by atoms with Crippen LogP contribution in [0.4, 0.5) is 0 Å². The second-order valence-electron chi connectivity index (χ2n) is 7.23. The minimum Gasteiger partial charge on any atom is -0.350 e. The summed E-state index contributed by atoms with van der Waals surface area (Å²) in [7, 11) is -3.49. The van der Waals surface area contributed by atoms with Crippen molar-refractivity contribution in [2.75, 3.05) is 6.54 Å². The maximum Gasteiger partial charge on any atom is 0.240 e. The number of hydrogen-bond acceptors (Lipinski definition) is 3. The molecule has 0 saturated carbocycles. The molecule has 0 spiro atoms. The molecule has 1 amide bonds. The van der Waals surface area contributed by atoms with E-state index in [4.69, 9.17) is 11.6 Å². The molecule has 0 aromatic heterocycles. The van der Waals surface area contributed by atoms with Gasteiger partial charge in [0.25, 0.3) is 0 Å². The van der Waals surface area contributed by atoms with Crippen molar-refractivity contribution >= 4 is 27.5 Å². The van der Waals surface area contributed by atoms with Crippen molar-refractivity contribution in [1.29, 1.82) is 0 Å². The molecule has 0 heterocycles. The second-order valence-corrected chi connectivity index (χ2v) is 9.43. The largest absolute Gasteiger partial charge is 0.350 e. The third kappa shape index (κ3) is 6.93. The molecule has 0 saturated heterocycles. The van der Waals surface area contributed by atoms with Crippen LogP contribution in [-0.4, -0.2) is 20.9 Å². The highest BCUT2D eigenvalue weighted by molar-refractivity contribution is 7.89. The SMILES string of the molecule is CC(C)CNS(=O)(=O)c1ccc(CCC(=O)NC(C)c2ccc(Cl)cc2)cc1. The number of sulfonamides is 1. The average molecular weight is 423 g/mol. The Balaban J connectivity index is 1.87. The Hall–Kier alpha value is -1.89. The number of hydrogen-bond donors (Lipinski definition) is 2. The van der Waals surface area contributed by atoms with Gasteiger partial charge in [0.1, 0.15) is 0 Å². The molecule has 2 aromatic carbocycles. The van der Waals surface area contributed by atoms with E-state index in [1.807, 2.05) is 32.9 Å². The van der Waals surface area contributed by atoms with E-state index < -0.39 is 10.0 Å². The van der Waals surface area contributed by atoms with Crippen LogP contribution in [0, 0.1) is 5.92 Å². The van der Waals surface area contributed by atoms with Gasteiger partial charge < -0.3 is 5.32 Å². The van der Waals surface area contributed by atoms with E-state index in [0.29, 0.717) is 24.4 Å². The van der Waals surface area contributed by atoms with E-state index in [1.54, 1.807) is 36.4 Å². The van der Waals surface area contributed by atoms with Crippen molar-refractivity contribution in [3.8, 4) is 0 Å². The fraction of sp³-hybridized carbons (Fsp3) is 0.381. The highest BCUT2D eigenvalue weighted by Crippen LogP contribution is 2.17. The summed E-state index contributed by atoms with van der Waals surface area (Å²) in [6.45, 7) is 6.22. The third-order valence-electron chi connectivity index (χ3n) is 4.30. The Bertz CT molecular complexity index is 879. The van der Waals surface area contributed by atoms with Crippen LogP contribution < -0.4 is 10.0 Å². The topological polar surface area (TPSA) is 75.3 Å². The predicted octanol–water partition coefficient (Wildman–Crippen LogP) is 4.08. The van der Waals surface area contributed by atoms with Gasteiger partial charge in [-0.15, -0.1) is 0 Å². The molecule has 5 nitrogen and oxygen atoms in total. The molecule has 2 N–H and O–H groups in total. The zero-order valence-electron chi connectivity index (χ0n) is 16.4. The van der Waals surface area contributed by atoms with Gasteiger partial charge in [-0.05, 0) is 54.7 Å². The summed E-state index contributed by atoms with van der Waals surface area (Å²) in [6.07, 6.45) is 0.870. The minimum absolute atomic E-state index is 0.0576. The van der Waals surface area contributed by atoms with Crippen LogP contribution in [0.5, 0.6) is 0 Å². The third-order valence-corrected chi connectivity index (χ3v) is 5.99. The van der Waals surface area contributed by atoms with Crippen molar-refractivity contribution in [2.45, 2.75) is 44.6 Å². The number of carbonyl (C=O) groups excluding carboxylic acids is 1. The van der Waals surface area contributed by atoms with Gasteiger partial charge in [-0.25, -0.2) is 13.1 Å². The normalized spacial score (nSPS) is 12.8. The van der Waals surface area contributed by atoms with Crippen LogP contribution >= 0.6 is 11.6 Å². The molecular weight excluding hydrogens is 396 g/mol. The summed E-state index contributed by atoms with van der Waals surface area (Å²) in [5.41, 5.74) is 1.90. The summed E-state index contributed by atoms with van der Waals surface area (Å²) < 4.78 is 27.0. The highest BCUT2D eigenvalue weighted by Gasteiger charge is 2.14. The fourth-order valence-corrected chi connectivity index (χ4v) is 3.94. The molecule has 0 aliphatic rings. The van der Waals surface area contributed by atoms with Gasteiger partial charge in [-0.1, -0.05) is 49.7 Å². The van der Waals surface area contributed by atoms with E-state index in [9.17, 15) is 13.2 Å². The zero-order chi connectivity index (χ0) is 20.7. The molecule has 0 radical (unpaired) electrons. The molecule has 1 atom stereocenters. The van der Waals surface area contributed by atoms with Crippen molar-refractivity contribution in [3.63, 3.8) is 0 Å². The summed E-state index contributed by atoms with van der Waals surface area (Å²) >= 11 is 5.88. The van der Waals surface area contributed by atoms with Gasteiger partial charge in [0.05, 0.1) is 10.9 Å². The van der Waals surface area contributed by atoms with Gasteiger partial charge in [-0.3, -0.25) is 4.79 Å². The van der Waals surface area contributed by atoms with Crippen LogP contribution in [0.25, 0.3) is 0 Å². The molecule has 28 heavy (non-hydrogen) atoms. The van der Waals surface area contributed by atoms with Gasteiger partial charge in [0.15, 0.2) is 0 Å². The van der Waals surface area contributed by atoms with Crippen LogP contribution in [0.15, 0.2) is 53.4 Å². The molecule has 0 fully saturated rings. The van der Waals surface area contributed by atoms with Crippen LogP contribution in [-0.2, 0) is 21.2 Å². The summed E-state index contributed by atoms with van der Waals surface area (Å²) in [6, 6.07) is 13.9. The van der Waals surface area contributed by atoms with Gasteiger partial charge >= 0.3 is 0 Å². The van der Waals surface area contributed by atoms with E-state index in [-0.39, 0.29) is 22.8 Å². The van der Waals surface area contributed by atoms with Gasteiger partial charge in [0.2, 0.25) is 15.9 Å². The number of benzene rings is 2. The molecule has 2 rings (SSSR count). The predicted molar refractivity (Wildman–Crippen MR) is 113 cm³/mol. The number of aryl methyl sites for hydroxylation is 1. The van der Waals surface area contributed by atoms with Crippen molar-refractivity contribution in [2.24, 2.45) is 5.92 Å². The second kappa shape index (κ2) is 10.0. The number of carbonyl (C=O) groups is 1. The van der Waals surface area contributed by atoms with Crippen LogP contribution in [0.3, 0.4) is 0 Å². The first kappa shape index (κ1) is 22.4. The molecule has 0 aliphatic carbocycles. The molecular formula is C21H27ClN2O3S. The molecule has 2 aromatic rings. The standard InChI is InChI=1S/C21H27ClN2O3S/c1-15(2)14-23-28(26,27)20-11-4-17(5-12-20)6-13-21(25)24-16(3)18-7-9-19(22)10-8-18/h4-5,7-12,15-16,23H,6,13-14H2,1-3H3,(H,24,25). The van der Waals surface area contributed by atoms with E-state index in [1.165, 1.54) is 0 Å². The maximum absolute atomic E-state index is 12.2. The van der Waals surface area contributed by atoms with E-state index in [0.717, 1.165) is 11.1 Å². The van der Waals surface area contributed by atoms with Crippen molar-refractivity contribution in [1.82, 2.24) is 10.0 Å². The molecule has 0 bridgehead atoms. The Kier molecular flexibility index (Phi) is 8.04. The van der Waals surface area contributed by atoms with E-state index >= 15 is 0 Å². The molecule has 0 aliphatic heterocycles. The number of amides is 1. The Labute approximate surface area is 172 Å². The first-order valence-electron chi connectivity index (χ1n) is 9.31. The number of rotatable bonds is 9. The van der Waals surface area contributed by atoms with Gasteiger partial charge in [0, 0.05) is 18.0 Å². The zero-order valence-corrected chi connectivity index (χ0v) is 18.0. The lowest BCUT2D eigenvalue weighted by molar-refractivity contribution is -0.121. The first-order chi connectivity index (χ1) is 13.2. The first-order valence-corrected chi connectivity index (χ1v) is 11.2. The minimum atomic E-state index is -3.49. The average Bonchev–Trinajstić information content (AvgIpc) is 2.65. The monoisotopic (exact) mass is 422 g/mol. The smallest absolute Gasteiger partial charge is 0.240 e. The lowest BCUT2D eigenvalue weighted by atomic mass is 10.1. The molecule has 7 heteroatoms. The van der Waals surface area contributed by atoms with Crippen LogP contribution in [0.1, 0.15) is 44.4 Å². The lowest BCUT2D eigenvalue weighted by Crippen LogP contribution is -2.27. The number of nitrogens with one attached hydrogen (secondary N) is 2. The van der Waals surface area contributed by atoms with Crippen molar-refractivity contribution in [3.05, 3.63) is 64.7 Å². The maximum atomic E-state index is 12.2. The quantitative estimate of drug-likeness (QED) is 0.639. The Morgan fingerprint density at radius 1 is 1.00 bits per heavy atom. The molecule has 152 valence electrons. The Morgan fingerprint density at radius 3 is 2.18 bits per heavy atom. The van der Waals surface area contributed by atoms with Gasteiger partial charge in [-0.2, -0.15) is 0 Å².